The molecule has 0 fully saturated rings. The van der Waals surface area contributed by atoms with Gasteiger partial charge in [-0.25, -0.2) is 13.8 Å². The van der Waals surface area contributed by atoms with Crippen molar-refractivity contribution in [1.82, 2.24) is 19.7 Å². The maximum Gasteiger partial charge on any atom is 0.229 e. The number of aromatic nitrogens is 4. The van der Waals surface area contributed by atoms with Gasteiger partial charge in [-0.3, -0.25) is 4.68 Å². The Hall–Kier alpha value is -2.59. The summed E-state index contributed by atoms with van der Waals surface area (Å²) in [5.74, 6) is -1.14. The number of rotatable bonds is 6. The number of benzene rings is 1. The molecule has 10 heteroatoms. The number of anilines is 3. The fraction of sp³-hybridized carbons (Fsp3) is 0.188. The molecule has 0 saturated carbocycles. The van der Waals surface area contributed by atoms with Gasteiger partial charge in [-0.2, -0.15) is 10.1 Å². The maximum atomic E-state index is 14.1. The van der Waals surface area contributed by atoms with Crippen LogP contribution in [0.3, 0.4) is 0 Å². The predicted octanol–water partition coefficient (Wildman–Crippen LogP) is 3.14. The Kier molecular flexibility index (Phi) is 5.43. The molecule has 2 heterocycles. The highest BCUT2D eigenvalue weighted by atomic mass is 79.9. The second-order valence-corrected chi connectivity index (χ2v) is 6.42. The van der Waals surface area contributed by atoms with Crippen molar-refractivity contribution in [1.29, 1.82) is 0 Å². The molecule has 0 spiro atoms. The van der Waals surface area contributed by atoms with Crippen LogP contribution < -0.4 is 10.6 Å². The lowest BCUT2D eigenvalue weighted by atomic mass is 10.1. The van der Waals surface area contributed by atoms with E-state index in [1.165, 1.54) is 12.1 Å². The molecule has 0 aliphatic heterocycles. The van der Waals surface area contributed by atoms with E-state index in [1.54, 1.807) is 30.2 Å². The Morgan fingerprint density at radius 2 is 2.08 bits per heavy atom. The number of aryl methyl sites for hydroxylation is 1. The number of nitrogens with zero attached hydrogens (tertiary/aromatic N) is 4. The van der Waals surface area contributed by atoms with Gasteiger partial charge in [0.1, 0.15) is 5.82 Å². The number of aliphatic hydroxyl groups is 1. The molecule has 136 valence electrons. The predicted molar refractivity (Wildman–Crippen MR) is 96.0 cm³/mol. The normalized spacial score (nSPS) is 12.0. The molecule has 3 aromatic rings. The van der Waals surface area contributed by atoms with Gasteiger partial charge >= 0.3 is 0 Å². The molecule has 7 nitrogen and oxygen atoms in total. The minimum atomic E-state index is -0.752. The first-order chi connectivity index (χ1) is 12.4. The fourth-order valence-corrected chi connectivity index (χ4v) is 2.80. The van der Waals surface area contributed by atoms with Crippen molar-refractivity contribution in [3.63, 3.8) is 0 Å². The van der Waals surface area contributed by atoms with Gasteiger partial charge in [-0.15, -0.1) is 0 Å². The first-order valence-electron chi connectivity index (χ1n) is 7.56. The van der Waals surface area contributed by atoms with Gasteiger partial charge < -0.3 is 15.7 Å². The highest BCUT2D eigenvalue weighted by Gasteiger charge is 2.16. The summed E-state index contributed by atoms with van der Waals surface area (Å²) in [6.45, 7) is -0.384. The summed E-state index contributed by atoms with van der Waals surface area (Å²) in [6, 6.07) is 3.42. The molecule has 0 bridgehead atoms. The van der Waals surface area contributed by atoms with Crippen LogP contribution in [0.1, 0.15) is 11.6 Å². The van der Waals surface area contributed by atoms with Crippen LogP contribution in [-0.2, 0) is 7.05 Å². The second kappa shape index (κ2) is 7.75. The van der Waals surface area contributed by atoms with Crippen LogP contribution in [0.15, 0.2) is 41.3 Å². The second-order valence-electron chi connectivity index (χ2n) is 5.50. The Bertz CT molecular complexity index is 899. The smallest absolute Gasteiger partial charge is 0.229 e. The van der Waals surface area contributed by atoms with E-state index in [9.17, 15) is 13.9 Å². The molecule has 0 amide bonds. The third kappa shape index (κ3) is 4.33. The lowest BCUT2D eigenvalue weighted by Gasteiger charge is -2.18. The van der Waals surface area contributed by atoms with E-state index in [2.05, 4.69) is 41.6 Å². The zero-order chi connectivity index (χ0) is 18.7. The standard InChI is InChI=1S/C16H15BrF2N6O/c1-25-7-12(5-21-25)22-16-20-6-13(19)15(24-16)23-14(8-26)9-2-10(17)4-11(18)3-9/h2-7,14,26H,8H2,1H3,(H2,20,22,23,24)/t14-/m1/s1. The molecule has 1 atom stereocenters. The highest BCUT2D eigenvalue weighted by Crippen LogP contribution is 2.25. The van der Waals surface area contributed by atoms with E-state index in [4.69, 9.17) is 0 Å². The van der Waals surface area contributed by atoms with Gasteiger partial charge in [0.2, 0.25) is 5.95 Å². The van der Waals surface area contributed by atoms with Crippen molar-refractivity contribution < 1.29 is 13.9 Å². The average Bonchev–Trinajstić information content (AvgIpc) is 2.99. The Balaban J connectivity index is 1.84. The molecule has 0 radical (unpaired) electrons. The minimum Gasteiger partial charge on any atom is -0.394 e. The summed E-state index contributed by atoms with van der Waals surface area (Å²) >= 11 is 3.19. The van der Waals surface area contributed by atoms with Gasteiger partial charge in [0.25, 0.3) is 0 Å². The topological polar surface area (TPSA) is 87.9 Å². The SMILES string of the molecule is Cn1cc(Nc2ncc(F)c(N[C@H](CO)c3cc(F)cc(Br)c3)n2)cn1. The van der Waals surface area contributed by atoms with E-state index in [-0.39, 0.29) is 18.4 Å². The molecular formula is C16H15BrF2N6O. The fourth-order valence-electron chi connectivity index (χ4n) is 2.32. The van der Waals surface area contributed by atoms with Crippen molar-refractivity contribution in [3.05, 3.63) is 58.5 Å². The lowest BCUT2D eigenvalue weighted by molar-refractivity contribution is 0.275. The number of hydrogen-bond donors (Lipinski definition) is 3. The van der Waals surface area contributed by atoms with Gasteiger partial charge in [0.15, 0.2) is 11.6 Å². The van der Waals surface area contributed by atoms with E-state index < -0.39 is 17.7 Å². The van der Waals surface area contributed by atoms with Gasteiger partial charge in [0, 0.05) is 17.7 Å². The van der Waals surface area contributed by atoms with E-state index in [1.807, 2.05) is 0 Å². The zero-order valence-corrected chi connectivity index (χ0v) is 15.2. The summed E-state index contributed by atoms with van der Waals surface area (Å²) < 4.78 is 29.8. The summed E-state index contributed by atoms with van der Waals surface area (Å²) in [5, 5.41) is 19.3. The third-order valence-corrected chi connectivity index (χ3v) is 3.94. The summed E-state index contributed by atoms with van der Waals surface area (Å²) in [4.78, 5) is 7.95. The number of aliphatic hydroxyl groups excluding tert-OH is 1. The van der Waals surface area contributed by atoms with Crippen molar-refractivity contribution in [2.45, 2.75) is 6.04 Å². The molecule has 0 unspecified atom stereocenters. The van der Waals surface area contributed by atoms with Crippen LogP contribution in [0.2, 0.25) is 0 Å². The molecule has 0 aliphatic rings. The maximum absolute atomic E-state index is 14.1. The average molecular weight is 425 g/mol. The van der Waals surface area contributed by atoms with Crippen molar-refractivity contribution in [2.75, 3.05) is 17.2 Å². The van der Waals surface area contributed by atoms with Gasteiger partial charge in [0.05, 0.1) is 30.7 Å². The number of nitrogens with one attached hydrogen (secondary N) is 2. The zero-order valence-electron chi connectivity index (χ0n) is 13.6. The molecular weight excluding hydrogens is 410 g/mol. The van der Waals surface area contributed by atoms with Crippen LogP contribution in [0.4, 0.5) is 26.2 Å². The largest absolute Gasteiger partial charge is 0.394 e. The van der Waals surface area contributed by atoms with Gasteiger partial charge in [-0.1, -0.05) is 15.9 Å². The van der Waals surface area contributed by atoms with Crippen LogP contribution in [-0.4, -0.2) is 31.5 Å². The van der Waals surface area contributed by atoms with E-state index in [0.717, 1.165) is 6.20 Å². The first-order valence-corrected chi connectivity index (χ1v) is 8.35. The minimum absolute atomic E-state index is 0.120. The molecule has 3 N–H and O–H groups in total. The van der Waals surface area contributed by atoms with Crippen molar-refractivity contribution in [3.8, 4) is 0 Å². The molecule has 0 saturated heterocycles. The van der Waals surface area contributed by atoms with E-state index >= 15 is 0 Å². The van der Waals surface area contributed by atoms with Crippen LogP contribution in [0.5, 0.6) is 0 Å². The Morgan fingerprint density at radius 3 is 2.73 bits per heavy atom. The number of halogens is 3. The van der Waals surface area contributed by atoms with Crippen molar-refractivity contribution in [2.24, 2.45) is 7.05 Å². The summed E-state index contributed by atoms with van der Waals surface area (Å²) in [5.41, 5.74) is 1.08. The molecule has 0 aliphatic carbocycles. The first kappa shape index (κ1) is 18.2. The van der Waals surface area contributed by atoms with Crippen LogP contribution in [0, 0.1) is 11.6 Å². The highest BCUT2D eigenvalue weighted by molar-refractivity contribution is 9.10. The Labute approximate surface area is 156 Å². The molecule has 1 aromatic carbocycles. The summed E-state index contributed by atoms with van der Waals surface area (Å²) in [6.07, 6.45) is 4.28. The van der Waals surface area contributed by atoms with Crippen LogP contribution in [0.25, 0.3) is 0 Å². The third-order valence-electron chi connectivity index (χ3n) is 3.49. The quantitative estimate of drug-likeness (QED) is 0.563. The molecule has 3 rings (SSSR count). The lowest BCUT2D eigenvalue weighted by Crippen LogP contribution is -2.17. The monoisotopic (exact) mass is 424 g/mol. The number of hydrogen-bond acceptors (Lipinski definition) is 6. The Morgan fingerprint density at radius 1 is 1.27 bits per heavy atom. The van der Waals surface area contributed by atoms with E-state index in [0.29, 0.717) is 15.7 Å². The van der Waals surface area contributed by atoms with Crippen molar-refractivity contribution >= 4 is 33.4 Å². The van der Waals surface area contributed by atoms with Crippen LogP contribution >= 0.6 is 15.9 Å². The molecule has 2 aromatic heterocycles. The van der Waals surface area contributed by atoms with Gasteiger partial charge in [-0.05, 0) is 23.8 Å². The molecule has 26 heavy (non-hydrogen) atoms. The summed E-state index contributed by atoms with van der Waals surface area (Å²) in [7, 11) is 1.76.